The van der Waals surface area contributed by atoms with Crippen LogP contribution in [0.25, 0.3) is 0 Å². The highest BCUT2D eigenvalue weighted by Gasteiger charge is 2.45. The highest BCUT2D eigenvalue weighted by atomic mass is 16.2. The van der Waals surface area contributed by atoms with E-state index in [2.05, 4.69) is 33.8 Å². The van der Waals surface area contributed by atoms with E-state index in [0.29, 0.717) is 5.92 Å². The maximum Gasteiger partial charge on any atom is 0.243 e. The van der Waals surface area contributed by atoms with Gasteiger partial charge in [-0.15, -0.1) is 0 Å². The molecule has 19 heavy (non-hydrogen) atoms. The first kappa shape index (κ1) is 16.0. The molecule has 0 radical (unpaired) electrons. The number of amides is 1. The molecular formula is C16H28N2O. The average molecular weight is 264 g/mol. The third kappa shape index (κ3) is 3.49. The van der Waals surface area contributed by atoms with Crippen molar-refractivity contribution < 1.29 is 4.79 Å². The monoisotopic (exact) mass is 264 g/mol. The Morgan fingerprint density at radius 3 is 2.16 bits per heavy atom. The Labute approximate surface area is 118 Å². The summed E-state index contributed by atoms with van der Waals surface area (Å²) >= 11 is 0. The molecular weight excluding hydrogens is 236 g/mol. The number of nitrogens with zero attached hydrogens (tertiary/aromatic N) is 2. The van der Waals surface area contributed by atoms with Gasteiger partial charge in [-0.3, -0.25) is 4.79 Å². The van der Waals surface area contributed by atoms with Gasteiger partial charge in [0.25, 0.3) is 0 Å². The fourth-order valence-corrected chi connectivity index (χ4v) is 3.15. The van der Waals surface area contributed by atoms with Gasteiger partial charge in [-0.25, -0.2) is 0 Å². The van der Waals surface area contributed by atoms with Crippen molar-refractivity contribution in [2.24, 2.45) is 11.3 Å². The normalized spacial score (nSPS) is 17.7. The Kier molecular flexibility index (Phi) is 5.85. The van der Waals surface area contributed by atoms with Gasteiger partial charge in [0.05, 0.1) is 6.07 Å². The minimum atomic E-state index is -0.725. The van der Waals surface area contributed by atoms with E-state index in [1.54, 1.807) is 0 Å². The molecule has 0 heterocycles. The lowest BCUT2D eigenvalue weighted by Gasteiger charge is -2.36. The quantitative estimate of drug-likeness (QED) is 0.733. The van der Waals surface area contributed by atoms with Gasteiger partial charge in [0.1, 0.15) is 5.41 Å². The summed E-state index contributed by atoms with van der Waals surface area (Å²) in [4.78, 5) is 14.9. The van der Waals surface area contributed by atoms with Gasteiger partial charge < -0.3 is 4.90 Å². The van der Waals surface area contributed by atoms with Crippen LogP contribution in [0.5, 0.6) is 0 Å². The number of carbonyl (C=O) groups is 1. The number of hydrogen-bond acceptors (Lipinski definition) is 2. The van der Waals surface area contributed by atoms with Crippen LogP contribution in [0.2, 0.25) is 0 Å². The van der Waals surface area contributed by atoms with Crippen LogP contribution >= 0.6 is 0 Å². The first-order valence-electron chi connectivity index (χ1n) is 7.73. The molecule has 0 saturated heterocycles. The summed E-state index contributed by atoms with van der Waals surface area (Å²) < 4.78 is 0. The van der Waals surface area contributed by atoms with Gasteiger partial charge in [0, 0.05) is 12.6 Å². The second-order valence-corrected chi connectivity index (χ2v) is 6.22. The van der Waals surface area contributed by atoms with Gasteiger partial charge in [0.2, 0.25) is 5.91 Å². The molecule has 0 atom stereocenters. The number of rotatable bonds is 6. The topological polar surface area (TPSA) is 44.1 Å². The fraction of sp³-hybridized carbons (Fsp3) is 0.875. The van der Waals surface area contributed by atoms with E-state index in [1.165, 1.54) is 0 Å². The molecule has 0 aromatic rings. The lowest BCUT2D eigenvalue weighted by Crippen LogP contribution is -2.48. The van der Waals surface area contributed by atoms with E-state index in [9.17, 15) is 10.1 Å². The first-order chi connectivity index (χ1) is 9.00. The second kappa shape index (κ2) is 6.93. The number of hydrogen-bond donors (Lipinski definition) is 0. The molecule has 108 valence electrons. The Hall–Kier alpha value is -1.04. The van der Waals surface area contributed by atoms with E-state index >= 15 is 0 Å². The van der Waals surface area contributed by atoms with Crippen LogP contribution in [-0.2, 0) is 4.79 Å². The van der Waals surface area contributed by atoms with Crippen LogP contribution in [0.3, 0.4) is 0 Å². The van der Waals surface area contributed by atoms with Crippen LogP contribution < -0.4 is 0 Å². The summed E-state index contributed by atoms with van der Waals surface area (Å²) in [7, 11) is 0. The summed E-state index contributed by atoms with van der Waals surface area (Å²) in [6.07, 6.45) is 5.45. The average Bonchev–Trinajstić information content (AvgIpc) is 2.87. The molecule has 0 aromatic carbocycles. The Morgan fingerprint density at radius 1 is 1.26 bits per heavy atom. The molecule has 0 spiro atoms. The predicted octanol–water partition coefficient (Wildman–Crippen LogP) is 3.74. The molecule has 1 fully saturated rings. The van der Waals surface area contributed by atoms with Crippen molar-refractivity contribution in [1.29, 1.82) is 5.26 Å². The highest BCUT2D eigenvalue weighted by Crippen LogP contribution is 2.40. The zero-order chi connectivity index (χ0) is 14.5. The van der Waals surface area contributed by atoms with Crippen LogP contribution in [0.4, 0.5) is 0 Å². The Morgan fingerprint density at radius 2 is 1.79 bits per heavy atom. The maximum atomic E-state index is 12.9. The SMILES string of the molecule is CCC(CC)N(CC(C)C)C(=O)C1(C#N)CCCC1. The standard InChI is InChI=1S/C16H28N2O/c1-5-14(6-2)18(11-13(3)4)15(19)16(12-17)9-7-8-10-16/h13-14H,5-11H2,1-4H3. The predicted molar refractivity (Wildman–Crippen MR) is 77.4 cm³/mol. The molecule has 0 unspecified atom stereocenters. The molecule has 3 nitrogen and oxygen atoms in total. The summed E-state index contributed by atoms with van der Waals surface area (Å²) in [5.74, 6) is 0.539. The van der Waals surface area contributed by atoms with E-state index in [1.807, 2.05) is 4.90 Å². The summed E-state index contributed by atoms with van der Waals surface area (Å²) in [6, 6.07) is 2.62. The Balaban J connectivity index is 2.96. The van der Waals surface area contributed by atoms with Crippen LogP contribution in [-0.4, -0.2) is 23.4 Å². The molecule has 0 bridgehead atoms. The first-order valence-corrected chi connectivity index (χ1v) is 7.73. The van der Waals surface area contributed by atoms with Crippen LogP contribution in [0.15, 0.2) is 0 Å². The molecule has 0 aromatic heterocycles. The van der Waals surface area contributed by atoms with Crippen molar-refractivity contribution in [2.45, 2.75) is 72.3 Å². The smallest absolute Gasteiger partial charge is 0.243 e. The molecule has 1 aliphatic rings. The van der Waals surface area contributed by atoms with Gasteiger partial charge in [-0.05, 0) is 31.6 Å². The van der Waals surface area contributed by atoms with Gasteiger partial charge in [0.15, 0.2) is 0 Å². The zero-order valence-corrected chi connectivity index (χ0v) is 12.9. The van der Waals surface area contributed by atoms with Crippen molar-refractivity contribution in [3.05, 3.63) is 0 Å². The van der Waals surface area contributed by atoms with E-state index in [4.69, 9.17) is 0 Å². The third-order valence-corrected chi connectivity index (χ3v) is 4.29. The number of nitriles is 1. The van der Waals surface area contributed by atoms with Crippen molar-refractivity contribution in [3.8, 4) is 6.07 Å². The molecule has 3 heteroatoms. The summed E-state index contributed by atoms with van der Waals surface area (Å²) in [5.41, 5.74) is -0.725. The van der Waals surface area contributed by atoms with Crippen molar-refractivity contribution in [2.75, 3.05) is 6.54 Å². The summed E-state index contributed by atoms with van der Waals surface area (Å²) in [5, 5.41) is 9.50. The number of carbonyl (C=O) groups excluding carboxylic acids is 1. The molecule has 1 aliphatic carbocycles. The van der Waals surface area contributed by atoms with Crippen molar-refractivity contribution in [3.63, 3.8) is 0 Å². The second-order valence-electron chi connectivity index (χ2n) is 6.22. The lowest BCUT2D eigenvalue weighted by molar-refractivity contribution is -0.142. The van der Waals surface area contributed by atoms with Crippen molar-refractivity contribution >= 4 is 5.91 Å². The Bertz CT molecular complexity index is 333. The van der Waals surface area contributed by atoms with Gasteiger partial charge in [-0.2, -0.15) is 5.26 Å². The van der Waals surface area contributed by atoms with Crippen LogP contribution in [0, 0.1) is 22.7 Å². The zero-order valence-electron chi connectivity index (χ0n) is 12.9. The molecule has 1 saturated carbocycles. The van der Waals surface area contributed by atoms with E-state index in [0.717, 1.165) is 45.1 Å². The third-order valence-electron chi connectivity index (χ3n) is 4.29. The lowest BCUT2D eigenvalue weighted by atomic mass is 9.85. The minimum absolute atomic E-state index is 0.0925. The van der Waals surface area contributed by atoms with Crippen LogP contribution in [0.1, 0.15) is 66.2 Å². The van der Waals surface area contributed by atoms with Gasteiger partial charge >= 0.3 is 0 Å². The maximum absolute atomic E-state index is 12.9. The fourth-order valence-electron chi connectivity index (χ4n) is 3.15. The van der Waals surface area contributed by atoms with Gasteiger partial charge in [-0.1, -0.05) is 40.5 Å². The molecule has 0 N–H and O–H groups in total. The molecule has 1 rings (SSSR count). The largest absolute Gasteiger partial charge is 0.338 e. The van der Waals surface area contributed by atoms with E-state index < -0.39 is 5.41 Å². The minimum Gasteiger partial charge on any atom is -0.338 e. The highest BCUT2D eigenvalue weighted by molar-refractivity contribution is 5.86. The van der Waals surface area contributed by atoms with Crippen molar-refractivity contribution in [1.82, 2.24) is 4.90 Å². The summed E-state index contributed by atoms with van der Waals surface area (Å²) in [6.45, 7) is 9.30. The van der Waals surface area contributed by atoms with E-state index in [-0.39, 0.29) is 11.9 Å². The molecule has 1 amide bonds. The molecule has 0 aliphatic heterocycles.